The van der Waals surface area contributed by atoms with Gasteiger partial charge in [-0.25, -0.2) is 0 Å². The molecule has 0 spiro atoms. The first-order valence-electron chi connectivity index (χ1n) is 11.4. The third-order valence-corrected chi connectivity index (χ3v) is 5.07. The Morgan fingerprint density at radius 3 is 0.947 bits per heavy atom. The molecule has 0 aliphatic rings. The van der Waals surface area contributed by atoms with Crippen molar-refractivity contribution in [1.82, 2.24) is 10.6 Å². The van der Waals surface area contributed by atoms with Crippen LogP contribution in [0.25, 0.3) is 0 Å². The maximum absolute atomic E-state index is 11.8. The zero-order chi connectivity index (χ0) is 25.9. The Morgan fingerprint density at radius 1 is 0.447 bits per heavy atom. The average Bonchev–Trinajstić information content (AvgIpc) is 2.74. The first-order valence-corrected chi connectivity index (χ1v) is 11.4. The van der Waals surface area contributed by atoms with Crippen molar-refractivity contribution < 1.29 is 167 Å². The molecule has 0 radical (unpaired) electrons. The SMILES string of the molecule is O=C([O-])CC[C@H](NC(=O)CCCCCCCCCCC(=O)N[C@@H](CCC(=O)[O-])C(=O)[O-])C(=O)[O-].[Na+].[Na+].[Na+].[Na+]. The number of nitrogens with one attached hydrogen (secondary N) is 2. The first-order chi connectivity index (χ1) is 16.0. The smallest absolute Gasteiger partial charge is 0.550 e. The van der Waals surface area contributed by atoms with Gasteiger partial charge in [-0.05, 0) is 38.5 Å². The third kappa shape index (κ3) is 29.8. The number of rotatable bonds is 21. The molecule has 0 aromatic heterocycles. The van der Waals surface area contributed by atoms with Gasteiger partial charge in [-0.1, -0.05) is 38.5 Å². The van der Waals surface area contributed by atoms with Crippen molar-refractivity contribution in [1.29, 1.82) is 0 Å². The molecule has 194 valence electrons. The fourth-order valence-electron chi connectivity index (χ4n) is 3.19. The fourth-order valence-corrected chi connectivity index (χ4v) is 3.19. The van der Waals surface area contributed by atoms with E-state index >= 15 is 0 Å². The van der Waals surface area contributed by atoms with Crippen LogP contribution < -0.4 is 149 Å². The van der Waals surface area contributed by atoms with Gasteiger partial charge in [0.1, 0.15) is 0 Å². The van der Waals surface area contributed by atoms with E-state index in [4.69, 9.17) is 0 Å². The van der Waals surface area contributed by atoms with E-state index in [9.17, 15) is 49.2 Å². The van der Waals surface area contributed by atoms with Crippen LogP contribution in [0.5, 0.6) is 0 Å². The summed E-state index contributed by atoms with van der Waals surface area (Å²) in [5.74, 6) is -6.85. The Morgan fingerprint density at radius 2 is 0.711 bits per heavy atom. The largest absolute Gasteiger partial charge is 1.00 e. The summed E-state index contributed by atoms with van der Waals surface area (Å²) < 4.78 is 0. The molecule has 16 heteroatoms. The summed E-state index contributed by atoms with van der Waals surface area (Å²) in [7, 11) is 0. The molecule has 0 aromatic rings. The van der Waals surface area contributed by atoms with E-state index in [-0.39, 0.29) is 144 Å². The zero-order valence-corrected chi connectivity index (χ0v) is 31.1. The minimum Gasteiger partial charge on any atom is -0.550 e. The minimum atomic E-state index is -1.54. The summed E-state index contributed by atoms with van der Waals surface area (Å²) >= 11 is 0. The van der Waals surface area contributed by atoms with Gasteiger partial charge in [0.2, 0.25) is 11.8 Å². The molecule has 12 nitrogen and oxygen atoms in total. The van der Waals surface area contributed by atoms with Crippen LogP contribution in [0.3, 0.4) is 0 Å². The molecule has 38 heavy (non-hydrogen) atoms. The Hall–Kier alpha value is 0.820. The van der Waals surface area contributed by atoms with Crippen LogP contribution >= 0.6 is 0 Å². The number of hydrogen-bond donors (Lipinski definition) is 2. The van der Waals surface area contributed by atoms with Crippen molar-refractivity contribution in [2.45, 2.75) is 102 Å². The molecule has 0 bridgehead atoms. The average molecular weight is 576 g/mol. The predicted octanol–water partition coefficient (Wildman–Crippen LogP) is -15.6. The summed E-state index contributed by atoms with van der Waals surface area (Å²) in [6.45, 7) is 0. The molecule has 0 saturated carbocycles. The quantitative estimate of drug-likeness (QED) is 0.0971. The van der Waals surface area contributed by atoms with E-state index in [0.29, 0.717) is 12.8 Å². The normalized spacial score (nSPS) is 11.1. The molecule has 0 aromatic carbocycles. The van der Waals surface area contributed by atoms with Gasteiger partial charge in [-0.2, -0.15) is 0 Å². The number of aliphatic carboxylic acids is 4. The Labute approximate surface area is 311 Å². The summed E-state index contributed by atoms with van der Waals surface area (Å²) in [6.07, 6.45) is 4.89. The van der Waals surface area contributed by atoms with Crippen molar-refractivity contribution in [3.63, 3.8) is 0 Å². The third-order valence-electron chi connectivity index (χ3n) is 5.07. The number of carboxylic acid groups (broad SMARTS) is 4. The van der Waals surface area contributed by atoms with Crippen LogP contribution in [0.1, 0.15) is 89.9 Å². The van der Waals surface area contributed by atoms with E-state index in [2.05, 4.69) is 10.6 Å². The van der Waals surface area contributed by atoms with Crippen molar-refractivity contribution in [2.24, 2.45) is 0 Å². The number of amides is 2. The zero-order valence-electron chi connectivity index (χ0n) is 23.1. The van der Waals surface area contributed by atoms with Crippen LogP contribution in [-0.4, -0.2) is 47.8 Å². The van der Waals surface area contributed by atoms with Gasteiger partial charge in [0, 0.05) is 24.8 Å². The van der Waals surface area contributed by atoms with Gasteiger partial charge in [0.25, 0.3) is 0 Å². The van der Waals surface area contributed by atoms with Gasteiger partial charge in [0.05, 0.1) is 24.0 Å². The number of carbonyl (C=O) groups is 6. The molecule has 0 heterocycles. The van der Waals surface area contributed by atoms with Crippen molar-refractivity contribution in [3.8, 4) is 0 Å². The standard InChI is InChI=1S/C22H36N2O10.4Na/c25-17(23-15(21(31)32)11-13-19(27)28)9-7-5-3-1-2-4-6-8-10-18(26)24-16(22(33)34)12-14-20(29)30;;;;/h15-16H,1-14H2,(H,23,25)(H,24,26)(H,27,28)(H,29,30)(H,31,32)(H,33,34);;;;/q;4*+1/p-4/t15-,16-;;;;/m0..../s1. The molecular weight excluding hydrogens is 544 g/mol. The van der Waals surface area contributed by atoms with Gasteiger partial charge < -0.3 is 50.2 Å². The number of carbonyl (C=O) groups excluding carboxylic acids is 6. The number of hydrogen-bond acceptors (Lipinski definition) is 10. The molecule has 0 aliphatic carbocycles. The van der Waals surface area contributed by atoms with Crippen LogP contribution in [0.15, 0.2) is 0 Å². The van der Waals surface area contributed by atoms with Gasteiger partial charge >= 0.3 is 118 Å². The molecule has 0 unspecified atom stereocenters. The molecule has 2 N–H and O–H groups in total. The second kappa shape index (κ2) is 30.8. The van der Waals surface area contributed by atoms with Crippen LogP contribution in [-0.2, 0) is 28.8 Å². The summed E-state index contributed by atoms with van der Waals surface area (Å²) in [6, 6.07) is -2.72. The molecule has 0 saturated heterocycles. The molecule has 0 fully saturated rings. The summed E-state index contributed by atoms with van der Waals surface area (Å²) in [5.41, 5.74) is 0. The van der Waals surface area contributed by atoms with Crippen molar-refractivity contribution in [2.75, 3.05) is 0 Å². The van der Waals surface area contributed by atoms with Crippen LogP contribution in [0, 0.1) is 0 Å². The Kier molecular flexibility index (Phi) is 39.3. The van der Waals surface area contributed by atoms with E-state index in [1.165, 1.54) is 0 Å². The first kappa shape index (κ1) is 48.5. The summed E-state index contributed by atoms with van der Waals surface area (Å²) in [5, 5.41) is 47.1. The maximum atomic E-state index is 11.8. The number of unbranched alkanes of at least 4 members (excludes halogenated alkanes) is 7. The second-order valence-electron chi connectivity index (χ2n) is 8.03. The van der Waals surface area contributed by atoms with E-state index in [0.717, 1.165) is 38.5 Å². The maximum Gasteiger partial charge on any atom is 1.00 e. The Balaban J connectivity index is -0.000000907. The topological polar surface area (TPSA) is 219 Å². The van der Waals surface area contributed by atoms with Gasteiger partial charge in [-0.15, -0.1) is 0 Å². The van der Waals surface area contributed by atoms with Crippen molar-refractivity contribution in [3.05, 3.63) is 0 Å². The van der Waals surface area contributed by atoms with Crippen LogP contribution in [0.4, 0.5) is 0 Å². The summed E-state index contributed by atoms with van der Waals surface area (Å²) in [4.78, 5) is 66.2. The van der Waals surface area contributed by atoms with E-state index in [1.807, 2.05) is 0 Å². The monoisotopic (exact) mass is 576 g/mol. The molecule has 2 amide bonds. The Bertz CT molecular complexity index is 656. The predicted molar refractivity (Wildman–Crippen MR) is 109 cm³/mol. The fraction of sp³-hybridized carbons (Fsp3) is 0.727. The van der Waals surface area contributed by atoms with Crippen molar-refractivity contribution >= 4 is 35.7 Å². The molecular formula is C22H32N2Na4O10. The van der Waals surface area contributed by atoms with Crippen LogP contribution in [0.2, 0.25) is 0 Å². The van der Waals surface area contributed by atoms with E-state index < -0.39 is 60.6 Å². The van der Waals surface area contributed by atoms with Gasteiger partial charge in [0.15, 0.2) is 0 Å². The molecule has 0 aliphatic heterocycles. The molecule has 2 atom stereocenters. The second-order valence-corrected chi connectivity index (χ2v) is 8.03. The van der Waals surface area contributed by atoms with E-state index in [1.54, 1.807) is 0 Å². The molecule has 0 rings (SSSR count). The number of carboxylic acids is 4. The van der Waals surface area contributed by atoms with Gasteiger partial charge in [-0.3, -0.25) is 9.59 Å². The minimum absolute atomic E-state index is 0.